The van der Waals surface area contributed by atoms with Crippen LogP contribution in [0.2, 0.25) is 0 Å². The van der Waals surface area contributed by atoms with Gasteiger partial charge >= 0.3 is 0 Å². The zero-order valence-electron chi connectivity index (χ0n) is 6.60. The van der Waals surface area contributed by atoms with E-state index in [-0.39, 0.29) is 0 Å². The van der Waals surface area contributed by atoms with E-state index in [1.54, 1.807) is 11.3 Å². The van der Waals surface area contributed by atoms with Crippen LogP contribution >= 0.6 is 11.3 Å². The van der Waals surface area contributed by atoms with Crippen molar-refractivity contribution in [1.29, 1.82) is 0 Å². The summed E-state index contributed by atoms with van der Waals surface area (Å²) in [5, 5.41) is 4.26. The third-order valence-corrected chi connectivity index (χ3v) is 2.42. The summed E-state index contributed by atoms with van der Waals surface area (Å²) in [6.07, 6.45) is 2.78. The molecule has 2 heterocycles. The Hall–Kier alpha value is -1.15. The molecule has 0 aliphatic heterocycles. The number of thiophene rings is 1. The second-order valence-corrected chi connectivity index (χ2v) is 3.41. The van der Waals surface area contributed by atoms with Crippen molar-refractivity contribution in [3.8, 4) is 0 Å². The molecule has 2 heteroatoms. The minimum absolute atomic E-state index is 0.949. The van der Waals surface area contributed by atoms with Gasteiger partial charge in [0.2, 0.25) is 0 Å². The lowest BCUT2D eigenvalue weighted by molar-refractivity contribution is 1.08. The van der Waals surface area contributed by atoms with Crippen LogP contribution in [0.25, 0.3) is 0 Å². The highest BCUT2D eigenvalue weighted by Crippen LogP contribution is 2.10. The van der Waals surface area contributed by atoms with E-state index >= 15 is 0 Å². The van der Waals surface area contributed by atoms with E-state index in [0.717, 1.165) is 12.1 Å². The lowest BCUT2D eigenvalue weighted by Crippen LogP contribution is -1.87. The van der Waals surface area contributed by atoms with Crippen molar-refractivity contribution < 1.29 is 0 Å². The Balaban J connectivity index is 2.15. The van der Waals surface area contributed by atoms with Crippen LogP contribution < -0.4 is 0 Å². The van der Waals surface area contributed by atoms with Gasteiger partial charge in [0.05, 0.1) is 0 Å². The molecule has 2 aromatic rings. The Labute approximate surface area is 75.7 Å². The molecule has 1 nitrogen and oxygen atoms in total. The first kappa shape index (κ1) is 7.50. The number of hydrogen-bond acceptors (Lipinski definition) is 2. The minimum Gasteiger partial charge on any atom is -0.261 e. The van der Waals surface area contributed by atoms with Crippen molar-refractivity contribution in [2.24, 2.45) is 0 Å². The van der Waals surface area contributed by atoms with Gasteiger partial charge in [0.15, 0.2) is 0 Å². The molecule has 0 atom stereocenters. The molecule has 0 bridgehead atoms. The molecule has 0 amide bonds. The lowest BCUT2D eigenvalue weighted by atomic mass is 10.2. The van der Waals surface area contributed by atoms with Crippen LogP contribution in [0.1, 0.15) is 11.3 Å². The van der Waals surface area contributed by atoms with Crippen LogP contribution in [-0.4, -0.2) is 4.98 Å². The van der Waals surface area contributed by atoms with Gasteiger partial charge in [0.25, 0.3) is 0 Å². The molecule has 12 heavy (non-hydrogen) atoms. The third kappa shape index (κ3) is 1.71. The Morgan fingerprint density at radius 2 is 2.25 bits per heavy atom. The normalized spacial score (nSPS) is 10.0. The molecule has 0 fully saturated rings. The Morgan fingerprint density at radius 3 is 2.92 bits per heavy atom. The molecule has 0 aliphatic rings. The Morgan fingerprint density at radius 1 is 1.25 bits per heavy atom. The molecule has 2 aromatic heterocycles. The maximum atomic E-state index is 4.26. The van der Waals surface area contributed by atoms with Crippen LogP contribution in [0.4, 0.5) is 0 Å². The lowest BCUT2D eigenvalue weighted by Gasteiger charge is -1.95. The third-order valence-electron chi connectivity index (χ3n) is 1.69. The molecular formula is C10H9NS. The van der Waals surface area contributed by atoms with E-state index < -0.39 is 0 Å². The van der Waals surface area contributed by atoms with E-state index in [1.165, 1.54) is 5.56 Å². The van der Waals surface area contributed by atoms with Crippen LogP contribution in [0.5, 0.6) is 0 Å². The highest BCUT2D eigenvalue weighted by Gasteiger charge is 1.95. The number of aromatic nitrogens is 1. The summed E-state index contributed by atoms with van der Waals surface area (Å²) < 4.78 is 0. The Bertz CT molecular complexity index is 326. The summed E-state index contributed by atoms with van der Waals surface area (Å²) in [6, 6.07) is 8.16. The van der Waals surface area contributed by atoms with Crippen LogP contribution in [-0.2, 0) is 6.42 Å². The number of nitrogens with zero attached hydrogens (tertiary/aromatic N) is 1. The molecule has 0 aromatic carbocycles. The van der Waals surface area contributed by atoms with Crippen LogP contribution in [0, 0.1) is 0 Å². The topological polar surface area (TPSA) is 12.9 Å². The monoisotopic (exact) mass is 175 g/mol. The van der Waals surface area contributed by atoms with Crippen molar-refractivity contribution >= 4 is 11.3 Å². The zero-order chi connectivity index (χ0) is 8.23. The summed E-state index contributed by atoms with van der Waals surface area (Å²) in [5.41, 5.74) is 2.48. The molecule has 0 N–H and O–H groups in total. The van der Waals surface area contributed by atoms with Gasteiger partial charge in [-0.2, -0.15) is 11.3 Å². The quantitative estimate of drug-likeness (QED) is 0.684. The fourth-order valence-electron chi connectivity index (χ4n) is 1.11. The summed E-state index contributed by atoms with van der Waals surface area (Å²) in [5.74, 6) is 0. The van der Waals surface area contributed by atoms with Crippen molar-refractivity contribution in [1.82, 2.24) is 4.98 Å². The van der Waals surface area contributed by atoms with Crippen molar-refractivity contribution in [3.63, 3.8) is 0 Å². The first-order valence-corrected chi connectivity index (χ1v) is 4.80. The predicted octanol–water partition coefficient (Wildman–Crippen LogP) is 2.73. The molecule has 60 valence electrons. The van der Waals surface area contributed by atoms with Gasteiger partial charge in [0.1, 0.15) is 0 Å². The van der Waals surface area contributed by atoms with Crippen molar-refractivity contribution in [3.05, 3.63) is 52.5 Å². The van der Waals surface area contributed by atoms with E-state index in [2.05, 4.69) is 27.9 Å². The molecular weight excluding hydrogens is 166 g/mol. The molecule has 2 rings (SSSR count). The van der Waals surface area contributed by atoms with Gasteiger partial charge < -0.3 is 0 Å². The molecule has 0 saturated heterocycles. The SMILES string of the molecule is c1ccc(Cc2ccsc2)nc1. The average Bonchev–Trinajstić information content (AvgIpc) is 2.59. The molecule has 0 unspecified atom stereocenters. The first-order chi connectivity index (χ1) is 5.95. The van der Waals surface area contributed by atoms with Gasteiger partial charge in [0, 0.05) is 18.3 Å². The maximum Gasteiger partial charge on any atom is 0.0447 e. The average molecular weight is 175 g/mol. The molecule has 0 spiro atoms. The van der Waals surface area contributed by atoms with E-state index in [9.17, 15) is 0 Å². The van der Waals surface area contributed by atoms with Gasteiger partial charge in [-0.1, -0.05) is 6.07 Å². The summed E-state index contributed by atoms with van der Waals surface area (Å²) in [6.45, 7) is 0. The van der Waals surface area contributed by atoms with E-state index in [4.69, 9.17) is 0 Å². The zero-order valence-corrected chi connectivity index (χ0v) is 7.42. The van der Waals surface area contributed by atoms with Gasteiger partial charge in [-0.25, -0.2) is 0 Å². The van der Waals surface area contributed by atoms with E-state index in [0.29, 0.717) is 0 Å². The Kier molecular flexibility index (Phi) is 2.19. The minimum atomic E-state index is 0.949. The highest BCUT2D eigenvalue weighted by molar-refractivity contribution is 7.07. The molecule has 0 aliphatic carbocycles. The van der Waals surface area contributed by atoms with Crippen molar-refractivity contribution in [2.45, 2.75) is 6.42 Å². The maximum absolute atomic E-state index is 4.26. The highest BCUT2D eigenvalue weighted by atomic mass is 32.1. The van der Waals surface area contributed by atoms with Crippen molar-refractivity contribution in [2.75, 3.05) is 0 Å². The van der Waals surface area contributed by atoms with Crippen LogP contribution in [0.3, 0.4) is 0 Å². The van der Waals surface area contributed by atoms with Gasteiger partial charge in [-0.05, 0) is 34.5 Å². The van der Waals surface area contributed by atoms with Gasteiger partial charge in [-0.3, -0.25) is 4.98 Å². The number of rotatable bonds is 2. The standard InChI is InChI=1S/C10H9NS/c1-2-5-11-10(3-1)7-9-4-6-12-8-9/h1-6,8H,7H2. The largest absolute Gasteiger partial charge is 0.261 e. The second kappa shape index (κ2) is 3.50. The second-order valence-electron chi connectivity index (χ2n) is 2.63. The summed E-state index contributed by atoms with van der Waals surface area (Å²) in [4.78, 5) is 4.26. The van der Waals surface area contributed by atoms with E-state index in [1.807, 2.05) is 18.3 Å². The summed E-state index contributed by atoms with van der Waals surface area (Å²) in [7, 11) is 0. The number of pyridine rings is 1. The summed E-state index contributed by atoms with van der Waals surface area (Å²) >= 11 is 1.73. The predicted molar refractivity (Wildman–Crippen MR) is 51.4 cm³/mol. The molecule has 0 saturated carbocycles. The molecule has 0 radical (unpaired) electrons. The van der Waals surface area contributed by atoms with Gasteiger partial charge in [-0.15, -0.1) is 0 Å². The smallest absolute Gasteiger partial charge is 0.0447 e. The number of hydrogen-bond donors (Lipinski definition) is 0. The first-order valence-electron chi connectivity index (χ1n) is 3.86. The van der Waals surface area contributed by atoms with Crippen LogP contribution in [0.15, 0.2) is 41.2 Å². The fourth-order valence-corrected chi connectivity index (χ4v) is 1.77. The fraction of sp³-hybridized carbons (Fsp3) is 0.100.